The molecule has 2 aromatic rings. The van der Waals surface area contributed by atoms with Gasteiger partial charge in [0.15, 0.2) is 0 Å². The summed E-state index contributed by atoms with van der Waals surface area (Å²) < 4.78 is 25.8. The Morgan fingerprint density at radius 2 is 1.70 bits per heavy atom. The van der Waals surface area contributed by atoms with Gasteiger partial charge < -0.3 is 0 Å². The second-order valence-corrected chi connectivity index (χ2v) is 4.13. The third-order valence-electron chi connectivity index (χ3n) is 2.20. The first kappa shape index (κ1) is 14.0. The fourth-order valence-electron chi connectivity index (χ4n) is 1.36. The van der Waals surface area contributed by atoms with E-state index < -0.39 is 5.82 Å². The van der Waals surface area contributed by atoms with E-state index in [2.05, 4.69) is 21.1 Å². The van der Waals surface area contributed by atoms with Gasteiger partial charge in [-0.25, -0.2) is 8.78 Å². The molecule has 0 amide bonds. The number of hydrazine groups is 1. The number of halogens is 2. The van der Waals surface area contributed by atoms with Gasteiger partial charge in [-0.05, 0) is 42.5 Å². The van der Waals surface area contributed by atoms with Crippen molar-refractivity contribution >= 4 is 28.7 Å². The van der Waals surface area contributed by atoms with Crippen LogP contribution in [-0.2, 0) is 0 Å². The molecule has 0 heterocycles. The molecule has 0 radical (unpaired) electrons. The van der Waals surface area contributed by atoms with Gasteiger partial charge in [0.1, 0.15) is 11.6 Å². The maximum absolute atomic E-state index is 12.9. The molecule has 0 aliphatic rings. The SMILES string of the molecule is Fc1cccc(N=NC(=S)NNc2cccc(F)c2)c1. The van der Waals surface area contributed by atoms with Crippen LogP contribution in [0.2, 0.25) is 0 Å². The van der Waals surface area contributed by atoms with Gasteiger partial charge in [0.25, 0.3) is 0 Å². The van der Waals surface area contributed by atoms with E-state index in [1.807, 2.05) is 0 Å². The number of benzene rings is 2. The Balaban J connectivity index is 1.89. The van der Waals surface area contributed by atoms with Crippen LogP contribution in [0.15, 0.2) is 58.8 Å². The smallest absolute Gasteiger partial charge is 0.232 e. The molecule has 0 fully saturated rings. The van der Waals surface area contributed by atoms with Crippen molar-refractivity contribution in [1.82, 2.24) is 5.43 Å². The zero-order valence-electron chi connectivity index (χ0n) is 10.2. The summed E-state index contributed by atoms with van der Waals surface area (Å²) in [6.07, 6.45) is 0. The van der Waals surface area contributed by atoms with Gasteiger partial charge in [-0.2, -0.15) is 0 Å². The van der Waals surface area contributed by atoms with Crippen molar-refractivity contribution in [2.24, 2.45) is 10.2 Å². The number of anilines is 1. The van der Waals surface area contributed by atoms with Gasteiger partial charge in [-0.3, -0.25) is 10.9 Å². The molecule has 0 saturated carbocycles. The van der Waals surface area contributed by atoms with Crippen LogP contribution < -0.4 is 10.9 Å². The van der Waals surface area contributed by atoms with E-state index in [0.29, 0.717) is 11.4 Å². The first-order valence-corrected chi connectivity index (χ1v) is 6.03. The normalized spacial score (nSPS) is 10.5. The van der Waals surface area contributed by atoms with Crippen molar-refractivity contribution in [2.45, 2.75) is 0 Å². The van der Waals surface area contributed by atoms with E-state index in [0.717, 1.165) is 0 Å². The maximum atomic E-state index is 12.9. The van der Waals surface area contributed by atoms with E-state index in [1.54, 1.807) is 18.2 Å². The molecule has 0 aliphatic heterocycles. The third kappa shape index (κ3) is 4.36. The van der Waals surface area contributed by atoms with Crippen molar-refractivity contribution < 1.29 is 8.78 Å². The standard InChI is InChI=1S/C13H10F2N4S/c14-9-3-1-5-11(7-9)16-18-13(20)19-17-12-6-2-4-10(15)8-12/h1-8,16H,(H,18,20). The van der Waals surface area contributed by atoms with Crippen molar-refractivity contribution in [1.29, 1.82) is 0 Å². The Morgan fingerprint density at radius 1 is 1.00 bits per heavy atom. The lowest BCUT2D eigenvalue weighted by Gasteiger charge is -2.06. The predicted octanol–water partition coefficient (Wildman–Crippen LogP) is 3.95. The minimum atomic E-state index is -0.404. The molecule has 20 heavy (non-hydrogen) atoms. The average molecular weight is 292 g/mol. The monoisotopic (exact) mass is 292 g/mol. The number of nitrogens with one attached hydrogen (secondary N) is 2. The lowest BCUT2D eigenvalue weighted by atomic mass is 10.3. The number of hydrogen-bond donors (Lipinski definition) is 2. The van der Waals surface area contributed by atoms with Crippen LogP contribution in [-0.4, -0.2) is 5.11 Å². The second kappa shape index (κ2) is 6.67. The number of nitrogens with zero attached hydrogens (tertiary/aromatic N) is 2. The maximum Gasteiger partial charge on any atom is 0.232 e. The molecular formula is C13H10F2N4S. The molecule has 2 N–H and O–H groups in total. The summed E-state index contributed by atoms with van der Waals surface area (Å²) in [6, 6.07) is 11.5. The zero-order chi connectivity index (χ0) is 14.4. The van der Waals surface area contributed by atoms with E-state index >= 15 is 0 Å². The molecule has 0 unspecified atom stereocenters. The molecule has 0 aromatic heterocycles. The Morgan fingerprint density at radius 3 is 2.40 bits per heavy atom. The molecule has 7 heteroatoms. The van der Waals surface area contributed by atoms with Crippen LogP contribution >= 0.6 is 12.2 Å². The summed E-state index contributed by atoms with van der Waals surface area (Å²) >= 11 is 4.90. The van der Waals surface area contributed by atoms with Crippen LogP contribution in [0, 0.1) is 11.6 Å². The van der Waals surface area contributed by atoms with Crippen LogP contribution in [0.25, 0.3) is 0 Å². The summed E-state index contributed by atoms with van der Waals surface area (Å²) in [5.41, 5.74) is 6.09. The fraction of sp³-hybridized carbons (Fsp3) is 0. The number of azo groups is 1. The average Bonchev–Trinajstić information content (AvgIpc) is 2.43. The quantitative estimate of drug-likeness (QED) is 0.511. The van der Waals surface area contributed by atoms with Gasteiger partial charge in [0.2, 0.25) is 5.11 Å². The first-order chi connectivity index (χ1) is 9.63. The van der Waals surface area contributed by atoms with E-state index in [9.17, 15) is 8.78 Å². The molecule has 0 saturated heterocycles. The Hall–Kier alpha value is -2.41. The van der Waals surface area contributed by atoms with E-state index in [-0.39, 0.29) is 10.9 Å². The van der Waals surface area contributed by atoms with Crippen LogP contribution in [0.5, 0.6) is 0 Å². The summed E-state index contributed by atoms with van der Waals surface area (Å²) in [7, 11) is 0. The first-order valence-electron chi connectivity index (χ1n) is 5.62. The molecule has 2 rings (SSSR count). The van der Waals surface area contributed by atoms with Crippen LogP contribution in [0.3, 0.4) is 0 Å². The van der Waals surface area contributed by atoms with Crippen molar-refractivity contribution in [3.63, 3.8) is 0 Å². The number of hydrogen-bond acceptors (Lipinski definition) is 3. The molecule has 0 bridgehead atoms. The molecule has 0 atom stereocenters. The largest absolute Gasteiger partial charge is 0.299 e. The number of rotatable bonds is 3. The predicted molar refractivity (Wildman–Crippen MR) is 76.7 cm³/mol. The van der Waals surface area contributed by atoms with E-state index in [1.165, 1.54) is 30.3 Å². The molecule has 4 nitrogen and oxygen atoms in total. The summed E-state index contributed by atoms with van der Waals surface area (Å²) in [5.74, 6) is -0.776. The number of thiocarbonyl (C=S) groups is 1. The minimum absolute atomic E-state index is 0.0403. The third-order valence-corrected chi connectivity index (χ3v) is 2.39. The van der Waals surface area contributed by atoms with Crippen molar-refractivity contribution in [3.8, 4) is 0 Å². The highest BCUT2D eigenvalue weighted by Gasteiger charge is 1.97. The summed E-state index contributed by atoms with van der Waals surface area (Å²) in [5, 5.41) is 7.50. The molecule has 0 aliphatic carbocycles. The minimum Gasteiger partial charge on any atom is -0.299 e. The van der Waals surface area contributed by atoms with Gasteiger partial charge in [-0.1, -0.05) is 12.1 Å². The van der Waals surface area contributed by atoms with Crippen molar-refractivity contribution in [3.05, 3.63) is 60.2 Å². The molecular weight excluding hydrogens is 282 g/mol. The Kier molecular flexibility index (Phi) is 4.67. The van der Waals surface area contributed by atoms with E-state index in [4.69, 9.17) is 12.2 Å². The van der Waals surface area contributed by atoms with Gasteiger partial charge in [-0.15, -0.1) is 10.2 Å². The highest BCUT2D eigenvalue weighted by molar-refractivity contribution is 7.80. The zero-order valence-corrected chi connectivity index (χ0v) is 11.0. The molecule has 102 valence electrons. The Labute approximate surface area is 119 Å². The fourth-order valence-corrected chi connectivity index (χ4v) is 1.45. The second-order valence-electron chi connectivity index (χ2n) is 3.75. The summed E-state index contributed by atoms with van der Waals surface area (Å²) in [6.45, 7) is 0. The highest BCUT2D eigenvalue weighted by Crippen LogP contribution is 2.13. The topological polar surface area (TPSA) is 48.8 Å². The molecule has 2 aromatic carbocycles. The van der Waals surface area contributed by atoms with Crippen molar-refractivity contribution in [2.75, 3.05) is 5.43 Å². The Bertz CT molecular complexity index is 646. The van der Waals surface area contributed by atoms with Gasteiger partial charge >= 0.3 is 0 Å². The lowest BCUT2D eigenvalue weighted by Crippen LogP contribution is -2.25. The summed E-state index contributed by atoms with van der Waals surface area (Å²) in [4.78, 5) is 0. The lowest BCUT2D eigenvalue weighted by molar-refractivity contribution is 0.627. The van der Waals surface area contributed by atoms with Crippen LogP contribution in [0.4, 0.5) is 20.2 Å². The van der Waals surface area contributed by atoms with Crippen LogP contribution in [0.1, 0.15) is 0 Å². The highest BCUT2D eigenvalue weighted by atomic mass is 32.1. The van der Waals surface area contributed by atoms with Gasteiger partial charge in [0.05, 0.1) is 11.4 Å². The van der Waals surface area contributed by atoms with Gasteiger partial charge in [0, 0.05) is 6.07 Å². The molecule has 0 spiro atoms.